The van der Waals surface area contributed by atoms with Crippen LogP contribution in [0.2, 0.25) is 0 Å². The Morgan fingerprint density at radius 2 is 1.82 bits per heavy atom. The van der Waals surface area contributed by atoms with E-state index < -0.39 is 23.1 Å². The number of fused-ring (bicyclic) bond motifs is 1. The van der Waals surface area contributed by atoms with Gasteiger partial charge in [-0.2, -0.15) is 0 Å². The fraction of sp³-hybridized carbons (Fsp3) is 0.185. The Balaban J connectivity index is 1.62. The van der Waals surface area contributed by atoms with Gasteiger partial charge in [-0.15, -0.1) is 0 Å². The summed E-state index contributed by atoms with van der Waals surface area (Å²) in [6, 6.07) is 15.5. The van der Waals surface area contributed by atoms with E-state index in [0.717, 1.165) is 23.6 Å². The first-order valence-electron chi connectivity index (χ1n) is 10.7. The van der Waals surface area contributed by atoms with Gasteiger partial charge in [-0.1, -0.05) is 24.3 Å². The minimum atomic E-state index is -1.22. The van der Waals surface area contributed by atoms with Gasteiger partial charge in [-0.05, 0) is 62.2 Å². The Morgan fingerprint density at radius 3 is 2.59 bits per heavy atom. The second-order valence-electron chi connectivity index (χ2n) is 8.77. The molecule has 0 aromatic heterocycles. The van der Waals surface area contributed by atoms with Gasteiger partial charge in [0, 0.05) is 34.1 Å². The van der Waals surface area contributed by atoms with Crippen molar-refractivity contribution < 1.29 is 23.1 Å². The summed E-state index contributed by atoms with van der Waals surface area (Å²) in [5.74, 6) is -2.73. The molecule has 174 valence electrons. The SMILES string of the molecule is COc1ccc2c(c1)/C(=C/C(=O)c1cccc(NC(=O)c3cccc(F)c3F)c1)NC(C)(C)C2. The number of hydrogen-bond acceptors (Lipinski definition) is 4. The van der Waals surface area contributed by atoms with E-state index in [2.05, 4.69) is 24.5 Å². The maximum Gasteiger partial charge on any atom is 0.258 e. The summed E-state index contributed by atoms with van der Waals surface area (Å²) in [5.41, 5.74) is 2.61. The summed E-state index contributed by atoms with van der Waals surface area (Å²) < 4.78 is 32.8. The number of halogens is 2. The predicted octanol–water partition coefficient (Wildman–Crippen LogP) is 5.37. The fourth-order valence-corrected chi connectivity index (χ4v) is 4.00. The van der Waals surface area contributed by atoms with Crippen LogP contribution < -0.4 is 15.4 Å². The van der Waals surface area contributed by atoms with Crippen LogP contribution in [-0.4, -0.2) is 24.3 Å². The highest BCUT2D eigenvalue weighted by Gasteiger charge is 2.28. The molecule has 5 nitrogen and oxygen atoms in total. The number of hydrogen-bond donors (Lipinski definition) is 2. The lowest BCUT2D eigenvalue weighted by Gasteiger charge is -2.35. The zero-order valence-electron chi connectivity index (χ0n) is 19.0. The number of nitrogens with one attached hydrogen (secondary N) is 2. The standard InChI is InChI=1S/C27H24F2N2O3/c1-27(2)15-17-10-11-19(34-3)13-21(17)23(31-27)14-24(32)16-6-4-7-18(12-16)30-26(33)20-8-5-9-22(28)25(20)29/h4-14,31H,15H2,1-3H3,(H,30,33)/b23-14-. The van der Waals surface area contributed by atoms with Crippen LogP contribution in [0.4, 0.5) is 14.5 Å². The molecule has 0 spiro atoms. The van der Waals surface area contributed by atoms with Crippen molar-refractivity contribution in [2.45, 2.75) is 25.8 Å². The maximum atomic E-state index is 13.9. The average molecular weight is 462 g/mol. The van der Waals surface area contributed by atoms with E-state index in [1.54, 1.807) is 25.3 Å². The number of ether oxygens (including phenoxy) is 1. The third kappa shape index (κ3) is 4.83. The van der Waals surface area contributed by atoms with Crippen molar-refractivity contribution in [2.24, 2.45) is 0 Å². The lowest BCUT2D eigenvalue weighted by molar-refractivity contribution is 0.101. The van der Waals surface area contributed by atoms with Crippen molar-refractivity contribution in [1.29, 1.82) is 0 Å². The second-order valence-corrected chi connectivity index (χ2v) is 8.77. The van der Waals surface area contributed by atoms with E-state index >= 15 is 0 Å². The van der Waals surface area contributed by atoms with Crippen LogP contribution in [0.3, 0.4) is 0 Å². The first kappa shape index (κ1) is 23.2. The Labute approximate surface area is 196 Å². The maximum absolute atomic E-state index is 13.9. The molecule has 0 aliphatic carbocycles. The number of ketones is 1. The van der Waals surface area contributed by atoms with E-state index in [1.807, 2.05) is 18.2 Å². The minimum absolute atomic E-state index is 0.251. The van der Waals surface area contributed by atoms with Gasteiger partial charge in [0.1, 0.15) is 5.75 Å². The van der Waals surface area contributed by atoms with Crippen LogP contribution in [0, 0.1) is 11.6 Å². The number of benzene rings is 3. The largest absolute Gasteiger partial charge is 0.497 e. The Hall–Kier alpha value is -4.00. The Morgan fingerprint density at radius 1 is 1.06 bits per heavy atom. The highest BCUT2D eigenvalue weighted by molar-refractivity contribution is 6.10. The van der Waals surface area contributed by atoms with Crippen molar-refractivity contribution in [3.63, 3.8) is 0 Å². The van der Waals surface area contributed by atoms with Gasteiger partial charge in [0.2, 0.25) is 0 Å². The summed E-state index contributed by atoms with van der Waals surface area (Å²) in [4.78, 5) is 25.5. The van der Waals surface area contributed by atoms with Gasteiger partial charge in [-0.3, -0.25) is 9.59 Å². The normalized spacial score (nSPS) is 15.3. The zero-order chi connectivity index (χ0) is 24.5. The van der Waals surface area contributed by atoms with E-state index in [1.165, 1.54) is 24.3 Å². The quantitative estimate of drug-likeness (QED) is 0.395. The summed E-state index contributed by atoms with van der Waals surface area (Å²) in [5, 5.41) is 5.94. The molecule has 3 aromatic carbocycles. The third-order valence-corrected chi connectivity index (χ3v) is 5.59. The molecule has 3 aromatic rings. The molecule has 0 saturated carbocycles. The van der Waals surface area contributed by atoms with Gasteiger partial charge >= 0.3 is 0 Å². The first-order chi connectivity index (χ1) is 16.2. The van der Waals surface area contributed by atoms with Gasteiger partial charge in [0.25, 0.3) is 5.91 Å². The van der Waals surface area contributed by atoms with Gasteiger partial charge in [-0.25, -0.2) is 8.78 Å². The van der Waals surface area contributed by atoms with E-state index in [-0.39, 0.29) is 17.0 Å². The van der Waals surface area contributed by atoms with E-state index in [9.17, 15) is 18.4 Å². The number of amides is 1. The van der Waals surface area contributed by atoms with E-state index in [0.29, 0.717) is 17.0 Å². The smallest absolute Gasteiger partial charge is 0.258 e. The van der Waals surface area contributed by atoms with Crippen LogP contribution in [-0.2, 0) is 6.42 Å². The number of methoxy groups -OCH3 is 1. The first-order valence-corrected chi connectivity index (χ1v) is 10.7. The lowest BCUT2D eigenvalue weighted by Crippen LogP contribution is -2.43. The molecule has 34 heavy (non-hydrogen) atoms. The summed E-state index contributed by atoms with van der Waals surface area (Å²) >= 11 is 0. The molecule has 7 heteroatoms. The molecule has 2 N–H and O–H groups in total. The lowest BCUT2D eigenvalue weighted by atomic mass is 9.85. The van der Waals surface area contributed by atoms with Crippen LogP contribution >= 0.6 is 0 Å². The average Bonchev–Trinajstić information content (AvgIpc) is 2.80. The number of carbonyl (C=O) groups excluding carboxylic acids is 2. The van der Waals surface area contributed by atoms with Crippen molar-refractivity contribution >= 4 is 23.1 Å². The monoisotopic (exact) mass is 462 g/mol. The molecule has 0 atom stereocenters. The van der Waals surface area contributed by atoms with Gasteiger partial charge in [0.15, 0.2) is 17.4 Å². The summed E-state index contributed by atoms with van der Waals surface area (Å²) in [6.07, 6.45) is 2.31. The number of allylic oxidation sites excluding steroid dienone is 1. The zero-order valence-corrected chi connectivity index (χ0v) is 19.0. The highest BCUT2D eigenvalue weighted by Crippen LogP contribution is 2.32. The highest BCUT2D eigenvalue weighted by atomic mass is 19.2. The van der Waals surface area contributed by atoms with Crippen molar-refractivity contribution in [1.82, 2.24) is 5.32 Å². The Bertz CT molecular complexity index is 1310. The third-order valence-electron chi connectivity index (χ3n) is 5.59. The molecular formula is C27H24F2N2O3. The Kier molecular flexibility index (Phi) is 6.20. The van der Waals surface area contributed by atoms with E-state index in [4.69, 9.17) is 4.74 Å². The molecule has 1 amide bonds. The molecular weight excluding hydrogens is 438 g/mol. The molecule has 0 unspecified atom stereocenters. The van der Waals surface area contributed by atoms with Gasteiger partial charge in [0.05, 0.1) is 12.7 Å². The van der Waals surface area contributed by atoms with Crippen molar-refractivity contribution in [3.05, 3.63) is 101 Å². The number of carbonyl (C=O) groups is 2. The topological polar surface area (TPSA) is 67.4 Å². The van der Waals surface area contributed by atoms with Crippen LogP contribution in [0.15, 0.2) is 66.7 Å². The summed E-state index contributed by atoms with van der Waals surface area (Å²) in [7, 11) is 1.59. The fourth-order valence-electron chi connectivity index (χ4n) is 4.00. The summed E-state index contributed by atoms with van der Waals surface area (Å²) in [6.45, 7) is 4.11. The van der Waals surface area contributed by atoms with Crippen molar-refractivity contribution in [2.75, 3.05) is 12.4 Å². The number of anilines is 1. The molecule has 1 aliphatic heterocycles. The van der Waals surface area contributed by atoms with Crippen LogP contribution in [0.25, 0.3) is 5.70 Å². The number of rotatable bonds is 5. The minimum Gasteiger partial charge on any atom is -0.497 e. The molecule has 0 bridgehead atoms. The predicted molar refractivity (Wildman–Crippen MR) is 127 cm³/mol. The molecule has 1 heterocycles. The molecule has 0 radical (unpaired) electrons. The molecule has 0 saturated heterocycles. The molecule has 1 aliphatic rings. The van der Waals surface area contributed by atoms with Crippen LogP contribution in [0.5, 0.6) is 5.75 Å². The van der Waals surface area contributed by atoms with Crippen molar-refractivity contribution in [3.8, 4) is 5.75 Å². The molecule has 0 fully saturated rings. The second kappa shape index (κ2) is 9.09. The molecule has 4 rings (SSSR count). The van der Waals surface area contributed by atoms with Crippen LogP contribution in [0.1, 0.15) is 45.7 Å². The van der Waals surface area contributed by atoms with Gasteiger partial charge < -0.3 is 15.4 Å².